The van der Waals surface area contributed by atoms with Gasteiger partial charge in [0.15, 0.2) is 0 Å². The predicted octanol–water partition coefficient (Wildman–Crippen LogP) is 4.50. The van der Waals surface area contributed by atoms with Crippen molar-refractivity contribution in [2.24, 2.45) is 0 Å². The van der Waals surface area contributed by atoms with E-state index < -0.39 is 11.7 Å². The van der Waals surface area contributed by atoms with Crippen LogP contribution in [0.1, 0.15) is 16.7 Å². The smallest absolute Gasteiger partial charge is 0.399 e. The van der Waals surface area contributed by atoms with Crippen molar-refractivity contribution in [3.8, 4) is 0 Å². The maximum absolute atomic E-state index is 13.1. The summed E-state index contributed by atoms with van der Waals surface area (Å²) in [5, 5.41) is 0.483. The molecule has 2 aromatic rings. The summed E-state index contributed by atoms with van der Waals surface area (Å²) >= 11 is 6.22. The molecule has 1 heterocycles. The predicted molar refractivity (Wildman–Crippen MR) is 82.1 cm³/mol. The van der Waals surface area contributed by atoms with Crippen LogP contribution in [-0.2, 0) is 19.1 Å². The summed E-state index contributed by atoms with van der Waals surface area (Å²) in [6, 6.07) is 9.10. The molecule has 0 fully saturated rings. The van der Waals surface area contributed by atoms with Crippen molar-refractivity contribution in [2.75, 3.05) is 17.2 Å². The first-order chi connectivity index (χ1) is 10.4. The summed E-state index contributed by atoms with van der Waals surface area (Å²) in [5.74, 6) is 0. The SMILES string of the molecule is Nc1cc(Cl)c2c(c1)CCN2Cc1ccccc1C(F)(F)F. The summed E-state index contributed by atoms with van der Waals surface area (Å²) in [6.45, 7) is 0.803. The van der Waals surface area contributed by atoms with E-state index >= 15 is 0 Å². The minimum Gasteiger partial charge on any atom is -0.399 e. The minimum absolute atomic E-state index is 0.173. The number of benzene rings is 2. The van der Waals surface area contributed by atoms with Crippen LogP contribution in [0.3, 0.4) is 0 Å². The molecule has 6 heteroatoms. The fourth-order valence-corrected chi connectivity index (χ4v) is 3.26. The number of alkyl halides is 3. The first kappa shape index (κ1) is 15.0. The first-order valence-corrected chi connectivity index (χ1v) is 7.22. The zero-order valence-electron chi connectivity index (χ0n) is 11.6. The topological polar surface area (TPSA) is 29.3 Å². The Labute approximate surface area is 131 Å². The van der Waals surface area contributed by atoms with E-state index in [2.05, 4.69) is 0 Å². The van der Waals surface area contributed by atoms with Crippen molar-refractivity contribution in [3.05, 3.63) is 58.1 Å². The Morgan fingerprint density at radius 1 is 1.18 bits per heavy atom. The van der Waals surface area contributed by atoms with Crippen molar-refractivity contribution >= 4 is 23.0 Å². The average Bonchev–Trinajstić information content (AvgIpc) is 2.81. The molecule has 0 aliphatic carbocycles. The van der Waals surface area contributed by atoms with Crippen molar-refractivity contribution in [3.63, 3.8) is 0 Å². The monoisotopic (exact) mass is 326 g/mol. The Balaban J connectivity index is 1.95. The lowest BCUT2D eigenvalue weighted by molar-refractivity contribution is -0.138. The van der Waals surface area contributed by atoms with Crippen molar-refractivity contribution < 1.29 is 13.2 Å². The highest BCUT2D eigenvalue weighted by Gasteiger charge is 2.34. The third kappa shape index (κ3) is 2.73. The zero-order valence-corrected chi connectivity index (χ0v) is 12.4. The number of hydrogen-bond acceptors (Lipinski definition) is 2. The van der Waals surface area contributed by atoms with E-state index in [1.165, 1.54) is 12.1 Å². The van der Waals surface area contributed by atoms with E-state index in [9.17, 15) is 13.2 Å². The normalized spacial score (nSPS) is 14.3. The molecule has 2 N–H and O–H groups in total. The molecule has 0 saturated carbocycles. The van der Waals surface area contributed by atoms with Crippen LogP contribution in [0.25, 0.3) is 0 Å². The molecule has 3 rings (SSSR count). The molecule has 0 saturated heterocycles. The lowest BCUT2D eigenvalue weighted by Gasteiger charge is -2.23. The number of fused-ring (bicyclic) bond motifs is 1. The Bertz CT molecular complexity index is 713. The van der Waals surface area contributed by atoms with Gasteiger partial charge in [-0.3, -0.25) is 0 Å². The highest BCUT2D eigenvalue weighted by molar-refractivity contribution is 6.33. The second kappa shape index (κ2) is 5.39. The van der Waals surface area contributed by atoms with Crippen LogP contribution in [0.15, 0.2) is 36.4 Å². The lowest BCUT2D eigenvalue weighted by Crippen LogP contribution is -2.22. The number of nitrogens with two attached hydrogens (primary N) is 1. The summed E-state index contributed by atoms with van der Waals surface area (Å²) in [4.78, 5) is 1.88. The fourth-order valence-electron chi connectivity index (χ4n) is 2.89. The molecule has 0 radical (unpaired) electrons. The Morgan fingerprint density at radius 3 is 2.64 bits per heavy atom. The third-order valence-corrected chi connectivity index (χ3v) is 4.10. The maximum Gasteiger partial charge on any atom is 0.416 e. The Kier molecular flexibility index (Phi) is 3.68. The Morgan fingerprint density at radius 2 is 1.91 bits per heavy atom. The van der Waals surface area contributed by atoms with Gasteiger partial charge in [-0.1, -0.05) is 29.8 Å². The van der Waals surface area contributed by atoms with E-state index in [0.29, 0.717) is 17.3 Å². The van der Waals surface area contributed by atoms with Gasteiger partial charge in [-0.15, -0.1) is 0 Å². The van der Waals surface area contributed by atoms with Gasteiger partial charge in [0.1, 0.15) is 0 Å². The van der Waals surface area contributed by atoms with E-state index in [4.69, 9.17) is 17.3 Å². The number of nitrogens with zero attached hydrogens (tertiary/aromatic N) is 1. The van der Waals surface area contributed by atoms with Gasteiger partial charge in [-0.2, -0.15) is 13.2 Å². The van der Waals surface area contributed by atoms with E-state index in [1.54, 1.807) is 12.1 Å². The zero-order chi connectivity index (χ0) is 15.9. The van der Waals surface area contributed by atoms with E-state index in [0.717, 1.165) is 23.7 Å². The summed E-state index contributed by atoms with van der Waals surface area (Å²) in [7, 11) is 0. The second-order valence-electron chi connectivity index (χ2n) is 5.34. The molecule has 22 heavy (non-hydrogen) atoms. The first-order valence-electron chi connectivity index (χ1n) is 6.84. The molecule has 0 atom stereocenters. The largest absolute Gasteiger partial charge is 0.416 e. The van der Waals surface area contributed by atoms with Crippen LogP contribution in [0.5, 0.6) is 0 Å². The van der Waals surface area contributed by atoms with Gasteiger partial charge in [0, 0.05) is 18.8 Å². The quantitative estimate of drug-likeness (QED) is 0.823. The number of anilines is 2. The molecule has 2 aromatic carbocycles. The molecule has 0 aromatic heterocycles. The highest BCUT2D eigenvalue weighted by atomic mass is 35.5. The van der Waals surface area contributed by atoms with Crippen molar-refractivity contribution in [1.82, 2.24) is 0 Å². The van der Waals surface area contributed by atoms with Crippen molar-refractivity contribution in [1.29, 1.82) is 0 Å². The minimum atomic E-state index is -4.36. The van der Waals surface area contributed by atoms with Crippen LogP contribution < -0.4 is 10.6 Å². The highest BCUT2D eigenvalue weighted by Crippen LogP contribution is 2.39. The van der Waals surface area contributed by atoms with Gasteiger partial charge < -0.3 is 10.6 Å². The standard InChI is InChI=1S/C16H14ClF3N2/c17-14-8-12(21)7-10-5-6-22(15(10)14)9-11-3-1-2-4-13(11)16(18,19)20/h1-4,7-8H,5-6,9,21H2. The maximum atomic E-state index is 13.1. The van der Waals surface area contributed by atoms with Gasteiger partial charge in [0.05, 0.1) is 16.3 Å². The molecule has 2 nitrogen and oxygen atoms in total. The second-order valence-corrected chi connectivity index (χ2v) is 5.74. The molecule has 0 spiro atoms. The molecule has 116 valence electrons. The van der Waals surface area contributed by atoms with Crippen LogP contribution in [0, 0.1) is 0 Å². The van der Waals surface area contributed by atoms with Crippen molar-refractivity contribution in [2.45, 2.75) is 19.1 Å². The number of rotatable bonds is 2. The van der Waals surface area contributed by atoms with Gasteiger partial charge in [0.25, 0.3) is 0 Å². The van der Waals surface area contributed by atoms with Crippen LogP contribution in [0.2, 0.25) is 5.02 Å². The molecule has 1 aliphatic heterocycles. The van der Waals surface area contributed by atoms with Gasteiger partial charge >= 0.3 is 6.18 Å². The van der Waals surface area contributed by atoms with Crippen LogP contribution >= 0.6 is 11.6 Å². The van der Waals surface area contributed by atoms with Gasteiger partial charge in [-0.25, -0.2) is 0 Å². The average molecular weight is 327 g/mol. The summed E-state index contributed by atoms with van der Waals surface area (Å²) in [6.07, 6.45) is -3.63. The summed E-state index contributed by atoms with van der Waals surface area (Å²) < 4.78 is 39.3. The number of halogens is 4. The molecule has 0 unspecified atom stereocenters. The summed E-state index contributed by atoms with van der Waals surface area (Å²) in [5.41, 5.74) is 7.74. The van der Waals surface area contributed by atoms with Crippen LogP contribution in [0.4, 0.5) is 24.5 Å². The van der Waals surface area contributed by atoms with E-state index in [-0.39, 0.29) is 12.1 Å². The lowest BCUT2D eigenvalue weighted by atomic mass is 10.1. The molecule has 0 bridgehead atoms. The fraction of sp³-hybridized carbons (Fsp3) is 0.250. The van der Waals surface area contributed by atoms with Gasteiger partial charge in [-0.05, 0) is 35.7 Å². The molecule has 0 amide bonds. The number of hydrogen-bond donors (Lipinski definition) is 1. The van der Waals surface area contributed by atoms with E-state index in [1.807, 2.05) is 11.0 Å². The molecular weight excluding hydrogens is 313 g/mol. The van der Waals surface area contributed by atoms with Crippen LogP contribution in [-0.4, -0.2) is 6.54 Å². The molecular formula is C16H14ClF3N2. The molecule has 1 aliphatic rings. The number of nitrogen functional groups attached to an aromatic ring is 1. The Hall–Kier alpha value is -1.88. The van der Waals surface area contributed by atoms with Gasteiger partial charge in [0.2, 0.25) is 0 Å². The third-order valence-electron chi connectivity index (χ3n) is 3.82.